The second-order valence-electron chi connectivity index (χ2n) is 7.60. The van der Waals surface area contributed by atoms with E-state index < -0.39 is 0 Å². The van der Waals surface area contributed by atoms with Crippen LogP contribution < -0.4 is 10.2 Å². The number of hydrogen-bond acceptors (Lipinski definition) is 3. The van der Waals surface area contributed by atoms with E-state index in [0.717, 1.165) is 44.5 Å². The summed E-state index contributed by atoms with van der Waals surface area (Å²) in [5, 5.41) is 3.49. The number of aliphatic imine (C=N–C) groups is 1. The van der Waals surface area contributed by atoms with Crippen molar-refractivity contribution in [2.24, 2.45) is 10.9 Å². The number of benzene rings is 1. The van der Waals surface area contributed by atoms with Crippen LogP contribution in [0.1, 0.15) is 25.2 Å². The third-order valence-corrected chi connectivity index (χ3v) is 4.93. The monoisotopic (exact) mass is 368 g/mol. The third-order valence-electron chi connectivity index (χ3n) is 4.93. The Bertz CT molecular complexity index is 756. The average molecular weight is 369 g/mol. The first kappa shape index (κ1) is 19.3. The molecule has 1 aliphatic heterocycles. The summed E-state index contributed by atoms with van der Waals surface area (Å²) in [6.07, 6.45) is 3.93. The van der Waals surface area contributed by atoms with Crippen LogP contribution in [0.2, 0.25) is 0 Å². The van der Waals surface area contributed by atoms with Crippen molar-refractivity contribution in [3.05, 3.63) is 48.0 Å². The minimum Gasteiger partial charge on any atom is -0.368 e. The minimum atomic E-state index is 0.604. The molecule has 1 aliphatic rings. The Morgan fingerprint density at radius 2 is 2.00 bits per heavy atom. The van der Waals surface area contributed by atoms with E-state index in [2.05, 4.69) is 80.9 Å². The Morgan fingerprint density at radius 1 is 1.22 bits per heavy atom. The molecule has 146 valence electrons. The molecule has 1 aromatic heterocycles. The highest BCUT2D eigenvalue weighted by Crippen LogP contribution is 2.17. The molecule has 2 heterocycles. The molecular formula is C21H32N6. The second kappa shape index (κ2) is 8.93. The average Bonchev–Trinajstić information content (AvgIpc) is 3.09. The molecule has 1 N–H and O–H groups in total. The van der Waals surface area contributed by atoms with Gasteiger partial charge in [0.15, 0.2) is 5.96 Å². The second-order valence-corrected chi connectivity index (χ2v) is 7.60. The molecule has 3 rings (SSSR count). The molecule has 2 aromatic rings. The normalized spacial score (nSPS) is 15.5. The molecule has 0 unspecified atom stereocenters. The van der Waals surface area contributed by atoms with Crippen molar-refractivity contribution in [3.63, 3.8) is 0 Å². The van der Waals surface area contributed by atoms with E-state index in [1.54, 1.807) is 0 Å². The maximum atomic E-state index is 4.50. The Kier molecular flexibility index (Phi) is 6.37. The number of imidazole rings is 1. The van der Waals surface area contributed by atoms with E-state index in [1.165, 1.54) is 11.3 Å². The third kappa shape index (κ3) is 5.02. The number of nitrogens with one attached hydrogen (secondary N) is 1. The van der Waals surface area contributed by atoms with Crippen molar-refractivity contribution in [2.45, 2.75) is 33.9 Å². The largest absolute Gasteiger partial charge is 0.368 e. The topological polar surface area (TPSA) is 48.7 Å². The first-order chi connectivity index (χ1) is 13.1. The molecule has 1 saturated heterocycles. The zero-order chi connectivity index (χ0) is 19.2. The summed E-state index contributed by atoms with van der Waals surface area (Å²) in [4.78, 5) is 13.8. The van der Waals surface area contributed by atoms with E-state index in [0.29, 0.717) is 12.5 Å². The van der Waals surface area contributed by atoms with E-state index in [9.17, 15) is 0 Å². The highest BCUT2D eigenvalue weighted by atomic mass is 15.3. The van der Waals surface area contributed by atoms with Gasteiger partial charge >= 0.3 is 0 Å². The summed E-state index contributed by atoms with van der Waals surface area (Å²) in [5.41, 5.74) is 2.62. The van der Waals surface area contributed by atoms with Crippen molar-refractivity contribution < 1.29 is 0 Å². The smallest absolute Gasteiger partial charge is 0.194 e. The number of piperazine rings is 1. The lowest BCUT2D eigenvalue weighted by molar-refractivity contribution is 0.371. The molecule has 0 radical (unpaired) electrons. The summed E-state index contributed by atoms with van der Waals surface area (Å²) in [6.45, 7) is 12.2. The van der Waals surface area contributed by atoms with Crippen LogP contribution in [0.25, 0.3) is 0 Å². The number of guanidine groups is 1. The maximum Gasteiger partial charge on any atom is 0.194 e. The van der Waals surface area contributed by atoms with E-state index in [4.69, 9.17) is 0 Å². The number of nitrogens with zero attached hydrogens (tertiary/aromatic N) is 5. The zero-order valence-electron chi connectivity index (χ0n) is 17.0. The van der Waals surface area contributed by atoms with Gasteiger partial charge in [0.2, 0.25) is 0 Å². The summed E-state index contributed by atoms with van der Waals surface area (Å²) < 4.78 is 2.22. The Hall–Kier alpha value is -2.50. The summed E-state index contributed by atoms with van der Waals surface area (Å²) >= 11 is 0. The van der Waals surface area contributed by atoms with Crippen LogP contribution in [0, 0.1) is 12.8 Å². The van der Waals surface area contributed by atoms with E-state index in [-0.39, 0.29) is 0 Å². The molecule has 27 heavy (non-hydrogen) atoms. The summed E-state index contributed by atoms with van der Waals surface area (Å²) in [5.74, 6) is 2.62. The maximum absolute atomic E-state index is 4.50. The van der Waals surface area contributed by atoms with Gasteiger partial charge in [-0.05, 0) is 30.5 Å². The molecule has 0 atom stereocenters. The van der Waals surface area contributed by atoms with Crippen LogP contribution in [0.3, 0.4) is 0 Å². The molecule has 0 spiro atoms. The summed E-state index contributed by atoms with van der Waals surface area (Å²) in [6, 6.07) is 8.74. The first-order valence-electron chi connectivity index (χ1n) is 9.84. The number of anilines is 1. The van der Waals surface area contributed by atoms with Crippen LogP contribution in [-0.2, 0) is 13.1 Å². The molecular weight excluding hydrogens is 336 g/mol. The van der Waals surface area contributed by atoms with Crippen LogP contribution in [0.5, 0.6) is 0 Å². The quantitative estimate of drug-likeness (QED) is 0.651. The van der Waals surface area contributed by atoms with Crippen molar-refractivity contribution in [3.8, 4) is 0 Å². The molecule has 0 aliphatic carbocycles. The van der Waals surface area contributed by atoms with E-state index in [1.807, 2.05) is 13.2 Å². The van der Waals surface area contributed by atoms with Gasteiger partial charge in [-0.25, -0.2) is 4.98 Å². The lowest BCUT2D eigenvalue weighted by Gasteiger charge is -2.37. The van der Waals surface area contributed by atoms with Crippen LogP contribution in [0.4, 0.5) is 5.69 Å². The van der Waals surface area contributed by atoms with Gasteiger partial charge in [0.1, 0.15) is 5.82 Å². The minimum absolute atomic E-state index is 0.604. The predicted molar refractivity (Wildman–Crippen MR) is 112 cm³/mol. The fraction of sp³-hybridized carbons (Fsp3) is 0.524. The van der Waals surface area contributed by atoms with Gasteiger partial charge in [-0.1, -0.05) is 26.0 Å². The predicted octanol–water partition coefficient (Wildman–Crippen LogP) is 2.75. The SMILES string of the molecule is CN=C(NCc1nccn1CC(C)C)N1CCN(c2cccc(C)c2)CC1. The molecule has 6 heteroatoms. The van der Waals surface area contributed by atoms with Crippen molar-refractivity contribution in [2.75, 3.05) is 38.1 Å². The zero-order valence-corrected chi connectivity index (χ0v) is 17.0. The molecule has 0 bridgehead atoms. The van der Waals surface area contributed by atoms with E-state index >= 15 is 0 Å². The van der Waals surface area contributed by atoms with Gasteiger partial charge in [0, 0.05) is 57.9 Å². The van der Waals surface area contributed by atoms with Crippen molar-refractivity contribution in [1.29, 1.82) is 0 Å². The van der Waals surface area contributed by atoms with Gasteiger partial charge < -0.3 is 19.7 Å². The highest BCUT2D eigenvalue weighted by molar-refractivity contribution is 5.80. The Morgan fingerprint density at radius 3 is 2.67 bits per heavy atom. The van der Waals surface area contributed by atoms with Crippen molar-refractivity contribution >= 4 is 11.6 Å². The fourth-order valence-electron chi connectivity index (χ4n) is 3.56. The van der Waals surface area contributed by atoms with Crippen LogP contribution in [-0.4, -0.2) is 53.6 Å². The fourth-order valence-corrected chi connectivity index (χ4v) is 3.56. The van der Waals surface area contributed by atoms with Crippen LogP contribution in [0.15, 0.2) is 41.7 Å². The molecule has 1 aromatic carbocycles. The molecule has 0 amide bonds. The lowest BCUT2D eigenvalue weighted by Crippen LogP contribution is -2.52. The summed E-state index contributed by atoms with van der Waals surface area (Å²) in [7, 11) is 1.86. The Balaban J connectivity index is 1.54. The van der Waals surface area contributed by atoms with Gasteiger partial charge in [-0.15, -0.1) is 0 Å². The van der Waals surface area contributed by atoms with Crippen molar-refractivity contribution in [1.82, 2.24) is 19.8 Å². The number of aromatic nitrogens is 2. The van der Waals surface area contributed by atoms with Gasteiger partial charge in [0.25, 0.3) is 0 Å². The molecule has 0 saturated carbocycles. The molecule has 1 fully saturated rings. The standard InChI is InChI=1S/C21H32N6/c1-17(2)16-27-9-8-23-20(27)15-24-21(22-4)26-12-10-25(11-13-26)19-7-5-6-18(3)14-19/h5-9,14,17H,10-13,15-16H2,1-4H3,(H,22,24). The Labute approximate surface area is 162 Å². The van der Waals surface area contributed by atoms with Crippen LogP contribution >= 0.6 is 0 Å². The number of aryl methyl sites for hydroxylation is 1. The molecule has 6 nitrogen and oxygen atoms in total. The van der Waals surface area contributed by atoms with Gasteiger partial charge in [-0.2, -0.15) is 0 Å². The first-order valence-corrected chi connectivity index (χ1v) is 9.84. The highest BCUT2D eigenvalue weighted by Gasteiger charge is 2.20. The number of hydrogen-bond donors (Lipinski definition) is 1. The van der Waals surface area contributed by atoms with Gasteiger partial charge in [0.05, 0.1) is 6.54 Å². The van der Waals surface area contributed by atoms with Gasteiger partial charge in [-0.3, -0.25) is 4.99 Å². The lowest BCUT2D eigenvalue weighted by atomic mass is 10.2. The number of rotatable bonds is 5.